The number of nitrogens with zero attached hydrogens (tertiary/aromatic N) is 2. The Balaban J connectivity index is 0.000000605. The standard InChI is InChI=1S/C6H8N4.ClH/c7-6-9-3-4-1-2-8-5(4)10-6;/h3H,1-2H2,(H3,7,8,9,10);1H. The van der Waals surface area contributed by atoms with Crippen molar-refractivity contribution in [3.05, 3.63) is 11.8 Å². The zero-order valence-corrected chi connectivity index (χ0v) is 6.69. The smallest absolute Gasteiger partial charge is 0.221 e. The van der Waals surface area contributed by atoms with E-state index in [0.717, 1.165) is 24.3 Å². The number of rotatable bonds is 0. The fraction of sp³-hybridized carbons (Fsp3) is 0.333. The van der Waals surface area contributed by atoms with Crippen molar-refractivity contribution < 1.29 is 0 Å². The van der Waals surface area contributed by atoms with Crippen LogP contribution in [0.1, 0.15) is 5.56 Å². The van der Waals surface area contributed by atoms with Crippen LogP contribution in [0.4, 0.5) is 11.8 Å². The van der Waals surface area contributed by atoms with Crippen LogP contribution in [0.5, 0.6) is 0 Å². The first-order valence-electron chi connectivity index (χ1n) is 3.21. The van der Waals surface area contributed by atoms with Crippen LogP contribution in [-0.4, -0.2) is 16.5 Å². The van der Waals surface area contributed by atoms with E-state index in [-0.39, 0.29) is 12.4 Å². The lowest BCUT2D eigenvalue weighted by Gasteiger charge is -1.96. The zero-order chi connectivity index (χ0) is 6.97. The zero-order valence-electron chi connectivity index (χ0n) is 5.87. The number of aromatic nitrogens is 2. The van der Waals surface area contributed by atoms with E-state index in [1.807, 2.05) is 0 Å². The molecule has 0 atom stereocenters. The molecular formula is C6H9ClN4. The molecule has 0 radical (unpaired) electrons. The van der Waals surface area contributed by atoms with Crippen LogP contribution in [0.25, 0.3) is 0 Å². The molecule has 0 aliphatic carbocycles. The molecule has 0 aromatic carbocycles. The van der Waals surface area contributed by atoms with E-state index in [9.17, 15) is 0 Å². The summed E-state index contributed by atoms with van der Waals surface area (Å²) in [6, 6.07) is 0. The second-order valence-corrected chi connectivity index (χ2v) is 2.28. The third-order valence-corrected chi connectivity index (χ3v) is 1.57. The molecule has 4 nitrogen and oxygen atoms in total. The summed E-state index contributed by atoms with van der Waals surface area (Å²) in [5.74, 6) is 1.24. The molecule has 60 valence electrons. The summed E-state index contributed by atoms with van der Waals surface area (Å²) in [5, 5.41) is 3.11. The molecule has 1 aromatic rings. The summed E-state index contributed by atoms with van der Waals surface area (Å²) >= 11 is 0. The maximum absolute atomic E-state index is 5.37. The first-order chi connectivity index (χ1) is 4.86. The molecule has 0 amide bonds. The Bertz CT molecular complexity index is 263. The van der Waals surface area contributed by atoms with Crippen molar-refractivity contribution in [2.75, 3.05) is 17.6 Å². The van der Waals surface area contributed by atoms with Gasteiger partial charge in [0.25, 0.3) is 0 Å². The van der Waals surface area contributed by atoms with Gasteiger partial charge in [-0.25, -0.2) is 4.98 Å². The lowest BCUT2D eigenvalue weighted by molar-refractivity contribution is 1.09. The summed E-state index contributed by atoms with van der Waals surface area (Å²) in [5.41, 5.74) is 6.53. The van der Waals surface area contributed by atoms with Crippen LogP contribution in [0.3, 0.4) is 0 Å². The highest BCUT2D eigenvalue weighted by Crippen LogP contribution is 2.17. The quantitative estimate of drug-likeness (QED) is 0.597. The summed E-state index contributed by atoms with van der Waals surface area (Å²) in [6.45, 7) is 0.952. The molecule has 1 aromatic heterocycles. The van der Waals surface area contributed by atoms with E-state index in [1.165, 1.54) is 0 Å². The highest BCUT2D eigenvalue weighted by molar-refractivity contribution is 5.85. The molecule has 0 unspecified atom stereocenters. The van der Waals surface area contributed by atoms with Crippen molar-refractivity contribution in [2.24, 2.45) is 0 Å². The number of halogens is 1. The number of hydrogen-bond acceptors (Lipinski definition) is 4. The van der Waals surface area contributed by atoms with Gasteiger partial charge in [-0.05, 0) is 6.42 Å². The van der Waals surface area contributed by atoms with Gasteiger partial charge in [0.2, 0.25) is 5.95 Å². The van der Waals surface area contributed by atoms with Crippen LogP contribution in [0, 0.1) is 0 Å². The van der Waals surface area contributed by atoms with Gasteiger partial charge in [-0.2, -0.15) is 4.98 Å². The second-order valence-electron chi connectivity index (χ2n) is 2.28. The molecule has 0 saturated heterocycles. The molecule has 2 rings (SSSR count). The summed E-state index contributed by atoms with van der Waals surface area (Å²) in [7, 11) is 0. The molecule has 0 fully saturated rings. The molecule has 1 aliphatic rings. The van der Waals surface area contributed by atoms with Crippen molar-refractivity contribution in [1.82, 2.24) is 9.97 Å². The van der Waals surface area contributed by atoms with Crippen LogP contribution in [0.15, 0.2) is 6.20 Å². The highest BCUT2D eigenvalue weighted by atomic mass is 35.5. The van der Waals surface area contributed by atoms with Crippen molar-refractivity contribution in [1.29, 1.82) is 0 Å². The van der Waals surface area contributed by atoms with E-state index in [1.54, 1.807) is 6.20 Å². The van der Waals surface area contributed by atoms with Gasteiger partial charge >= 0.3 is 0 Å². The van der Waals surface area contributed by atoms with Gasteiger partial charge < -0.3 is 11.1 Å². The Morgan fingerprint density at radius 2 is 2.36 bits per heavy atom. The fourth-order valence-corrected chi connectivity index (χ4v) is 1.07. The molecule has 5 heteroatoms. The summed E-state index contributed by atoms with van der Waals surface area (Å²) in [6.07, 6.45) is 2.78. The average Bonchev–Trinajstić information content (AvgIpc) is 2.33. The molecule has 11 heavy (non-hydrogen) atoms. The Morgan fingerprint density at radius 3 is 3.18 bits per heavy atom. The number of nitrogens with one attached hydrogen (secondary N) is 1. The molecule has 0 bridgehead atoms. The van der Waals surface area contributed by atoms with Crippen molar-refractivity contribution in [3.63, 3.8) is 0 Å². The maximum atomic E-state index is 5.37. The summed E-state index contributed by atoms with van der Waals surface area (Å²) < 4.78 is 0. The molecule has 1 aliphatic heterocycles. The number of nitrogens with two attached hydrogens (primary N) is 1. The maximum Gasteiger partial charge on any atom is 0.221 e. The minimum Gasteiger partial charge on any atom is -0.369 e. The molecule has 0 saturated carbocycles. The number of fused-ring (bicyclic) bond motifs is 1. The van der Waals surface area contributed by atoms with Gasteiger partial charge in [-0.15, -0.1) is 12.4 Å². The Hall–Kier alpha value is -1.03. The Kier molecular flexibility index (Phi) is 2.14. The number of nitrogen functional groups attached to an aromatic ring is 1. The first-order valence-corrected chi connectivity index (χ1v) is 3.21. The van der Waals surface area contributed by atoms with Crippen LogP contribution < -0.4 is 11.1 Å². The second kappa shape index (κ2) is 2.92. The molecule has 0 spiro atoms. The van der Waals surface area contributed by atoms with E-state index in [4.69, 9.17) is 5.73 Å². The summed E-state index contributed by atoms with van der Waals surface area (Å²) in [4.78, 5) is 7.89. The predicted octanol–water partition coefficient (Wildman–Crippen LogP) is 0.449. The van der Waals surface area contributed by atoms with Gasteiger partial charge in [0.05, 0.1) is 0 Å². The van der Waals surface area contributed by atoms with E-state index < -0.39 is 0 Å². The van der Waals surface area contributed by atoms with Gasteiger partial charge in [0, 0.05) is 18.3 Å². The average molecular weight is 173 g/mol. The highest BCUT2D eigenvalue weighted by Gasteiger charge is 2.10. The Morgan fingerprint density at radius 1 is 1.55 bits per heavy atom. The monoisotopic (exact) mass is 172 g/mol. The Labute approximate surface area is 70.6 Å². The number of hydrogen-bond donors (Lipinski definition) is 2. The largest absolute Gasteiger partial charge is 0.369 e. The SMILES string of the molecule is Cl.Nc1ncc2c(n1)NCC2. The number of anilines is 2. The van der Waals surface area contributed by atoms with Gasteiger partial charge in [0.15, 0.2) is 0 Å². The van der Waals surface area contributed by atoms with E-state index >= 15 is 0 Å². The van der Waals surface area contributed by atoms with Crippen molar-refractivity contribution in [2.45, 2.75) is 6.42 Å². The van der Waals surface area contributed by atoms with Crippen LogP contribution in [-0.2, 0) is 6.42 Å². The van der Waals surface area contributed by atoms with Gasteiger partial charge in [-0.1, -0.05) is 0 Å². The molecule has 3 N–H and O–H groups in total. The molecular weight excluding hydrogens is 164 g/mol. The predicted molar refractivity (Wildman–Crippen MR) is 45.9 cm³/mol. The lowest BCUT2D eigenvalue weighted by Crippen LogP contribution is -1.98. The van der Waals surface area contributed by atoms with Crippen LogP contribution in [0.2, 0.25) is 0 Å². The van der Waals surface area contributed by atoms with Crippen molar-refractivity contribution in [3.8, 4) is 0 Å². The topological polar surface area (TPSA) is 63.8 Å². The van der Waals surface area contributed by atoms with E-state index in [0.29, 0.717) is 5.95 Å². The lowest BCUT2D eigenvalue weighted by atomic mass is 10.3. The third kappa shape index (κ3) is 1.35. The minimum atomic E-state index is 0. The van der Waals surface area contributed by atoms with Crippen molar-refractivity contribution >= 4 is 24.2 Å². The molecule has 2 heterocycles. The minimum absolute atomic E-state index is 0. The van der Waals surface area contributed by atoms with Crippen LogP contribution >= 0.6 is 12.4 Å². The normalized spacial score (nSPS) is 13.1. The fourth-order valence-electron chi connectivity index (χ4n) is 1.07. The first kappa shape index (κ1) is 8.07. The third-order valence-electron chi connectivity index (χ3n) is 1.57. The van der Waals surface area contributed by atoms with E-state index in [2.05, 4.69) is 15.3 Å². The van der Waals surface area contributed by atoms with Gasteiger partial charge in [-0.3, -0.25) is 0 Å². The van der Waals surface area contributed by atoms with Gasteiger partial charge in [0.1, 0.15) is 5.82 Å².